The molecule has 0 radical (unpaired) electrons. The first kappa shape index (κ1) is 16.0. The fraction of sp³-hybridized carbons (Fsp3) is 0.500. The maximum absolute atomic E-state index is 5.88. The van der Waals surface area contributed by atoms with E-state index in [1.165, 1.54) is 0 Å². The van der Waals surface area contributed by atoms with Crippen LogP contribution in [0.2, 0.25) is 5.02 Å². The predicted octanol–water partition coefficient (Wildman–Crippen LogP) is 3.79. The Labute approximate surface area is 130 Å². The van der Waals surface area contributed by atoms with Crippen molar-refractivity contribution in [3.05, 3.63) is 46.6 Å². The maximum atomic E-state index is 5.88. The number of aromatic nitrogens is 2. The third-order valence-corrected chi connectivity index (χ3v) is 3.50. The van der Waals surface area contributed by atoms with Gasteiger partial charge in [-0.25, -0.2) is 0 Å². The molecular formula is C16H22ClN3O. The van der Waals surface area contributed by atoms with Gasteiger partial charge in [-0.1, -0.05) is 49.7 Å². The molecule has 1 aromatic carbocycles. The molecule has 0 saturated heterocycles. The number of benzene rings is 1. The Balaban J connectivity index is 2.08. The van der Waals surface area contributed by atoms with Gasteiger partial charge in [0.25, 0.3) is 0 Å². The fourth-order valence-corrected chi connectivity index (χ4v) is 2.43. The summed E-state index contributed by atoms with van der Waals surface area (Å²) in [7, 11) is 0. The zero-order chi connectivity index (χ0) is 15.5. The highest BCUT2D eigenvalue weighted by molar-refractivity contribution is 6.30. The average Bonchev–Trinajstić information content (AvgIpc) is 2.86. The van der Waals surface area contributed by atoms with Gasteiger partial charge in [-0.15, -0.1) is 0 Å². The molecule has 0 amide bonds. The third-order valence-electron chi connectivity index (χ3n) is 3.25. The van der Waals surface area contributed by atoms with Crippen LogP contribution >= 0.6 is 11.6 Å². The highest BCUT2D eigenvalue weighted by Crippen LogP contribution is 2.29. The molecule has 0 aliphatic heterocycles. The normalized spacial score (nSPS) is 13.4. The monoisotopic (exact) mass is 307 g/mol. The zero-order valence-electron chi connectivity index (χ0n) is 12.8. The number of hydrogen-bond donors (Lipinski definition) is 1. The molecule has 0 fully saturated rings. The molecule has 1 aromatic heterocycles. The van der Waals surface area contributed by atoms with Crippen molar-refractivity contribution < 1.29 is 4.52 Å². The van der Waals surface area contributed by atoms with Crippen LogP contribution in [0.25, 0.3) is 0 Å². The first-order valence-electron chi connectivity index (χ1n) is 7.14. The summed E-state index contributed by atoms with van der Waals surface area (Å²) in [4.78, 5) is 4.49. The van der Waals surface area contributed by atoms with E-state index in [-0.39, 0.29) is 11.3 Å². The van der Waals surface area contributed by atoms with Gasteiger partial charge in [0.05, 0.1) is 5.92 Å². The minimum absolute atomic E-state index is 0.108. The van der Waals surface area contributed by atoms with Gasteiger partial charge >= 0.3 is 0 Å². The summed E-state index contributed by atoms with van der Waals surface area (Å²) in [5.41, 5.74) is 7.13. The van der Waals surface area contributed by atoms with Gasteiger partial charge in [0.15, 0.2) is 5.82 Å². The summed E-state index contributed by atoms with van der Waals surface area (Å²) < 4.78 is 5.39. The number of rotatable bonds is 5. The Kier molecular flexibility index (Phi) is 5.01. The SMILES string of the molecule is CC(C)(C)CC(CN)c1nc(Cc2ccc(Cl)cc2)no1. The Hall–Kier alpha value is -1.39. The van der Waals surface area contributed by atoms with E-state index in [1.807, 2.05) is 24.3 Å². The fourth-order valence-electron chi connectivity index (χ4n) is 2.30. The lowest BCUT2D eigenvalue weighted by Crippen LogP contribution is -2.19. The maximum Gasteiger partial charge on any atom is 0.231 e. The smallest absolute Gasteiger partial charge is 0.231 e. The third kappa shape index (κ3) is 4.83. The van der Waals surface area contributed by atoms with Crippen LogP contribution in [0.1, 0.15) is 50.4 Å². The predicted molar refractivity (Wildman–Crippen MR) is 84.4 cm³/mol. The Morgan fingerprint density at radius 2 is 1.90 bits per heavy atom. The lowest BCUT2D eigenvalue weighted by molar-refractivity contribution is 0.286. The van der Waals surface area contributed by atoms with Crippen LogP contribution in [-0.4, -0.2) is 16.7 Å². The van der Waals surface area contributed by atoms with E-state index >= 15 is 0 Å². The molecule has 2 N–H and O–H groups in total. The zero-order valence-corrected chi connectivity index (χ0v) is 13.5. The molecule has 0 spiro atoms. The van der Waals surface area contributed by atoms with Crippen molar-refractivity contribution >= 4 is 11.6 Å². The first-order valence-corrected chi connectivity index (χ1v) is 7.52. The standard InChI is InChI=1S/C16H22ClN3O/c1-16(2,3)9-12(10-18)15-19-14(20-21-15)8-11-4-6-13(17)7-5-11/h4-7,12H,8-10,18H2,1-3H3. The minimum atomic E-state index is 0.108. The summed E-state index contributed by atoms with van der Waals surface area (Å²) >= 11 is 5.88. The molecule has 2 rings (SSSR count). The van der Waals surface area contributed by atoms with Gasteiger partial charge < -0.3 is 10.3 Å². The molecule has 0 aliphatic rings. The second-order valence-electron chi connectivity index (χ2n) is 6.55. The number of nitrogens with two attached hydrogens (primary N) is 1. The van der Waals surface area contributed by atoms with Crippen molar-refractivity contribution in [2.45, 2.75) is 39.5 Å². The number of hydrogen-bond acceptors (Lipinski definition) is 4. The van der Waals surface area contributed by atoms with Crippen molar-refractivity contribution in [2.75, 3.05) is 6.54 Å². The molecule has 1 unspecified atom stereocenters. The molecule has 2 aromatic rings. The van der Waals surface area contributed by atoms with Gasteiger partial charge in [-0.2, -0.15) is 4.98 Å². The lowest BCUT2D eigenvalue weighted by atomic mass is 9.84. The van der Waals surface area contributed by atoms with Gasteiger partial charge in [-0.05, 0) is 29.5 Å². The molecule has 0 aliphatic carbocycles. The van der Waals surface area contributed by atoms with Crippen LogP contribution in [0, 0.1) is 5.41 Å². The van der Waals surface area contributed by atoms with Crippen molar-refractivity contribution in [3.8, 4) is 0 Å². The van der Waals surface area contributed by atoms with Crippen LogP contribution in [0.15, 0.2) is 28.8 Å². The number of halogens is 1. The summed E-state index contributed by atoms with van der Waals surface area (Å²) in [6.07, 6.45) is 1.56. The molecule has 4 nitrogen and oxygen atoms in total. The molecule has 21 heavy (non-hydrogen) atoms. The average molecular weight is 308 g/mol. The minimum Gasteiger partial charge on any atom is -0.339 e. The second kappa shape index (κ2) is 6.58. The van der Waals surface area contributed by atoms with Crippen LogP contribution in [0.5, 0.6) is 0 Å². The van der Waals surface area contributed by atoms with Crippen LogP contribution < -0.4 is 5.73 Å². The number of nitrogens with zero attached hydrogens (tertiary/aromatic N) is 2. The molecular weight excluding hydrogens is 286 g/mol. The highest BCUT2D eigenvalue weighted by Gasteiger charge is 2.24. The van der Waals surface area contributed by atoms with Gasteiger partial charge in [0, 0.05) is 18.0 Å². The summed E-state index contributed by atoms with van der Waals surface area (Å²) in [6, 6.07) is 7.65. The van der Waals surface area contributed by atoms with Gasteiger partial charge in [0.1, 0.15) is 0 Å². The van der Waals surface area contributed by atoms with Crippen LogP contribution in [0.3, 0.4) is 0 Å². The van der Waals surface area contributed by atoms with Crippen LogP contribution in [0.4, 0.5) is 0 Å². The van der Waals surface area contributed by atoms with E-state index in [1.54, 1.807) is 0 Å². The van der Waals surface area contributed by atoms with Crippen LogP contribution in [-0.2, 0) is 6.42 Å². The van der Waals surface area contributed by atoms with Gasteiger partial charge in [-0.3, -0.25) is 0 Å². The van der Waals surface area contributed by atoms with Crippen molar-refractivity contribution in [2.24, 2.45) is 11.1 Å². The molecule has 0 saturated carbocycles. The van der Waals surface area contributed by atoms with Crippen molar-refractivity contribution in [1.29, 1.82) is 0 Å². The second-order valence-corrected chi connectivity index (χ2v) is 6.99. The lowest BCUT2D eigenvalue weighted by Gasteiger charge is -2.22. The molecule has 5 heteroatoms. The molecule has 1 heterocycles. The Morgan fingerprint density at radius 3 is 2.48 bits per heavy atom. The van der Waals surface area contributed by atoms with E-state index < -0.39 is 0 Å². The van der Waals surface area contributed by atoms with Gasteiger partial charge in [0.2, 0.25) is 5.89 Å². The molecule has 114 valence electrons. The van der Waals surface area contributed by atoms with Crippen molar-refractivity contribution in [1.82, 2.24) is 10.1 Å². The Bertz CT molecular complexity index is 572. The van der Waals surface area contributed by atoms with E-state index in [0.717, 1.165) is 17.0 Å². The summed E-state index contributed by atoms with van der Waals surface area (Å²) in [5.74, 6) is 1.42. The van der Waals surface area contributed by atoms with E-state index in [2.05, 4.69) is 30.9 Å². The largest absolute Gasteiger partial charge is 0.339 e. The molecule has 1 atom stereocenters. The van der Waals surface area contributed by atoms with E-state index in [4.69, 9.17) is 21.9 Å². The summed E-state index contributed by atoms with van der Waals surface area (Å²) in [6.45, 7) is 7.06. The quantitative estimate of drug-likeness (QED) is 0.912. The summed E-state index contributed by atoms with van der Waals surface area (Å²) in [5, 5.41) is 4.78. The van der Waals surface area contributed by atoms with Crippen molar-refractivity contribution in [3.63, 3.8) is 0 Å². The Morgan fingerprint density at radius 1 is 1.24 bits per heavy atom. The first-order chi connectivity index (χ1) is 9.87. The highest BCUT2D eigenvalue weighted by atomic mass is 35.5. The topological polar surface area (TPSA) is 64.9 Å². The van der Waals surface area contributed by atoms with E-state index in [0.29, 0.717) is 24.7 Å². The molecule has 0 bridgehead atoms. The van der Waals surface area contributed by atoms with E-state index in [9.17, 15) is 0 Å².